The van der Waals surface area contributed by atoms with E-state index in [1.165, 1.54) is 22.3 Å². The Labute approximate surface area is 195 Å². The van der Waals surface area contributed by atoms with Crippen LogP contribution in [0.15, 0.2) is 133 Å². The van der Waals surface area contributed by atoms with Gasteiger partial charge in [-0.15, -0.1) is 0 Å². The minimum absolute atomic E-state index is 0.776. The van der Waals surface area contributed by atoms with E-state index >= 15 is 0 Å². The molecule has 0 aliphatic rings. The molecule has 0 aliphatic heterocycles. The van der Waals surface area contributed by atoms with Gasteiger partial charge in [-0.1, -0.05) is 103 Å². The second-order valence-electron chi connectivity index (χ2n) is 7.88. The molecule has 157 valence electrons. The summed E-state index contributed by atoms with van der Waals surface area (Å²) in [6, 6.07) is 45.9. The molecule has 5 rings (SSSR count). The normalized spacial score (nSPS) is 10.6. The molecule has 0 aliphatic carbocycles. The predicted octanol–water partition coefficient (Wildman–Crippen LogP) is 6.73. The van der Waals surface area contributed by atoms with Crippen molar-refractivity contribution in [2.75, 3.05) is 4.90 Å². The Balaban J connectivity index is 1.53. The summed E-state index contributed by atoms with van der Waals surface area (Å²) >= 11 is 0. The van der Waals surface area contributed by atoms with Crippen LogP contribution in [0.3, 0.4) is 0 Å². The quantitative estimate of drug-likeness (QED) is 0.306. The fourth-order valence-electron chi connectivity index (χ4n) is 4.02. The number of nitrogens with zero attached hydrogens (tertiary/aromatic N) is 1. The van der Waals surface area contributed by atoms with Crippen molar-refractivity contribution in [2.45, 2.75) is 0 Å². The fraction of sp³-hybridized carbons (Fsp3) is 0. The fourth-order valence-corrected chi connectivity index (χ4v) is 4.02. The lowest BCUT2D eigenvalue weighted by Gasteiger charge is -2.26. The van der Waals surface area contributed by atoms with E-state index in [0.29, 0.717) is 0 Å². The van der Waals surface area contributed by atoms with Gasteiger partial charge < -0.3 is 9.92 Å². The van der Waals surface area contributed by atoms with E-state index in [1.54, 1.807) is 0 Å². The molecule has 5 aromatic carbocycles. The van der Waals surface area contributed by atoms with E-state index in [1.807, 2.05) is 36.4 Å². The molecule has 0 aromatic heterocycles. The van der Waals surface area contributed by atoms with Gasteiger partial charge in [0.15, 0.2) is 0 Å². The molecular formula is C30H23BNO. The molecule has 0 fully saturated rings. The van der Waals surface area contributed by atoms with Crippen molar-refractivity contribution >= 4 is 30.0 Å². The Morgan fingerprint density at radius 2 is 0.727 bits per heavy atom. The minimum atomic E-state index is 0.776. The Morgan fingerprint density at radius 1 is 0.394 bits per heavy atom. The van der Waals surface area contributed by atoms with Crippen molar-refractivity contribution in [2.24, 2.45) is 0 Å². The molecule has 0 bridgehead atoms. The van der Waals surface area contributed by atoms with Crippen molar-refractivity contribution in [1.82, 2.24) is 0 Å². The van der Waals surface area contributed by atoms with Crippen molar-refractivity contribution in [3.05, 3.63) is 133 Å². The van der Waals surface area contributed by atoms with Crippen molar-refractivity contribution in [3.8, 4) is 22.3 Å². The average Bonchev–Trinajstić information content (AvgIpc) is 2.91. The standard InChI is InChI=1S/C30H23BNO/c33-31-27-15-21-30(22-16-27)32(28-17-11-25(12-18-28)23-7-3-1-4-8-23)29-19-13-26(14-20-29)24-9-5-2-6-10-24/h1-22,33H. The molecule has 3 heteroatoms. The predicted molar refractivity (Wildman–Crippen MR) is 140 cm³/mol. The summed E-state index contributed by atoms with van der Waals surface area (Å²) in [7, 11) is 1.12. The molecule has 0 saturated carbocycles. The first kappa shape index (κ1) is 20.8. The van der Waals surface area contributed by atoms with Crippen LogP contribution < -0.4 is 10.4 Å². The van der Waals surface area contributed by atoms with Gasteiger partial charge in [0.25, 0.3) is 0 Å². The zero-order chi connectivity index (χ0) is 22.5. The highest BCUT2D eigenvalue weighted by atomic mass is 16.2. The molecule has 0 saturated heterocycles. The van der Waals surface area contributed by atoms with Crippen LogP contribution in [0.2, 0.25) is 0 Å². The molecule has 5 aromatic rings. The van der Waals surface area contributed by atoms with E-state index in [0.717, 1.165) is 30.0 Å². The summed E-state index contributed by atoms with van der Waals surface area (Å²) in [6.45, 7) is 0. The Bertz CT molecular complexity index is 1220. The Hall–Kier alpha value is -4.08. The van der Waals surface area contributed by atoms with E-state index in [4.69, 9.17) is 0 Å². The first-order valence-corrected chi connectivity index (χ1v) is 11.0. The van der Waals surface area contributed by atoms with Crippen LogP contribution in [0, 0.1) is 0 Å². The molecule has 2 nitrogen and oxygen atoms in total. The van der Waals surface area contributed by atoms with Gasteiger partial charge in [0.2, 0.25) is 0 Å². The van der Waals surface area contributed by atoms with E-state index in [9.17, 15) is 5.02 Å². The summed E-state index contributed by atoms with van der Waals surface area (Å²) < 4.78 is 0. The van der Waals surface area contributed by atoms with E-state index in [-0.39, 0.29) is 0 Å². The molecule has 0 unspecified atom stereocenters. The summed E-state index contributed by atoms with van der Waals surface area (Å²) in [6.07, 6.45) is 0. The number of hydrogen-bond donors (Lipinski definition) is 1. The highest BCUT2D eigenvalue weighted by Crippen LogP contribution is 2.36. The van der Waals surface area contributed by atoms with Crippen molar-refractivity contribution in [3.63, 3.8) is 0 Å². The van der Waals surface area contributed by atoms with Crippen LogP contribution in [-0.2, 0) is 0 Å². The molecule has 0 spiro atoms. The summed E-state index contributed by atoms with van der Waals surface area (Å²) in [5.41, 5.74) is 8.72. The molecule has 0 amide bonds. The van der Waals surface area contributed by atoms with Crippen molar-refractivity contribution in [1.29, 1.82) is 0 Å². The summed E-state index contributed by atoms with van der Waals surface area (Å²) in [5.74, 6) is 0. The lowest BCUT2D eigenvalue weighted by Crippen LogP contribution is -2.15. The molecule has 0 atom stereocenters. The molecule has 1 N–H and O–H groups in total. The second kappa shape index (κ2) is 9.60. The van der Waals surface area contributed by atoms with E-state index in [2.05, 4.69) is 102 Å². The highest BCUT2D eigenvalue weighted by Gasteiger charge is 2.13. The summed E-state index contributed by atoms with van der Waals surface area (Å²) in [5, 5.41) is 9.34. The molecule has 33 heavy (non-hydrogen) atoms. The zero-order valence-corrected chi connectivity index (χ0v) is 18.2. The maximum Gasteiger partial charge on any atom is 0.326 e. The third-order valence-electron chi connectivity index (χ3n) is 5.77. The van der Waals surface area contributed by atoms with Gasteiger partial charge >= 0.3 is 7.48 Å². The smallest absolute Gasteiger partial charge is 0.326 e. The van der Waals surface area contributed by atoms with Crippen LogP contribution in [0.5, 0.6) is 0 Å². The van der Waals surface area contributed by atoms with Crippen molar-refractivity contribution < 1.29 is 5.02 Å². The SMILES string of the molecule is O[B]c1ccc(N(c2ccc(-c3ccccc3)cc2)c2ccc(-c3ccccc3)cc2)cc1. The molecule has 0 heterocycles. The minimum Gasteiger partial charge on any atom is -0.450 e. The lowest BCUT2D eigenvalue weighted by molar-refractivity contribution is 0.615. The van der Waals surface area contributed by atoms with Gasteiger partial charge in [-0.3, -0.25) is 0 Å². The van der Waals surface area contributed by atoms with Crippen LogP contribution >= 0.6 is 0 Å². The molecule has 1 radical (unpaired) electrons. The first-order valence-electron chi connectivity index (χ1n) is 11.0. The number of benzene rings is 5. The van der Waals surface area contributed by atoms with Gasteiger partial charge in [0.1, 0.15) is 0 Å². The largest absolute Gasteiger partial charge is 0.450 e. The second-order valence-corrected chi connectivity index (χ2v) is 7.88. The Kier molecular flexibility index (Phi) is 6.05. The van der Waals surface area contributed by atoms with Gasteiger partial charge in [0.05, 0.1) is 0 Å². The average molecular weight is 424 g/mol. The maximum atomic E-state index is 9.34. The lowest BCUT2D eigenvalue weighted by atomic mass is 9.89. The zero-order valence-electron chi connectivity index (χ0n) is 18.2. The van der Waals surface area contributed by atoms with Gasteiger partial charge in [0, 0.05) is 17.1 Å². The van der Waals surface area contributed by atoms with Gasteiger partial charge in [-0.05, 0) is 58.7 Å². The molecular weight excluding hydrogens is 401 g/mol. The first-order chi connectivity index (χ1) is 16.3. The Morgan fingerprint density at radius 3 is 1.09 bits per heavy atom. The van der Waals surface area contributed by atoms with Crippen LogP contribution in [0.4, 0.5) is 17.1 Å². The number of rotatable bonds is 6. The number of anilines is 3. The van der Waals surface area contributed by atoms with Crippen LogP contribution in [-0.4, -0.2) is 12.5 Å². The van der Waals surface area contributed by atoms with Gasteiger partial charge in [-0.25, -0.2) is 0 Å². The number of hydrogen-bond acceptors (Lipinski definition) is 2. The van der Waals surface area contributed by atoms with Crippen LogP contribution in [0.25, 0.3) is 22.3 Å². The van der Waals surface area contributed by atoms with E-state index < -0.39 is 0 Å². The monoisotopic (exact) mass is 424 g/mol. The highest BCUT2D eigenvalue weighted by molar-refractivity contribution is 6.45. The third kappa shape index (κ3) is 4.59. The van der Waals surface area contributed by atoms with Crippen LogP contribution in [0.1, 0.15) is 0 Å². The third-order valence-corrected chi connectivity index (χ3v) is 5.77. The van der Waals surface area contributed by atoms with Gasteiger partial charge in [-0.2, -0.15) is 0 Å². The summed E-state index contributed by atoms with van der Waals surface area (Å²) in [4.78, 5) is 2.23. The topological polar surface area (TPSA) is 23.5 Å². The maximum absolute atomic E-state index is 9.34.